The van der Waals surface area contributed by atoms with Crippen molar-refractivity contribution in [3.63, 3.8) is 0 Å². The lowest BCUT2D eigenvalue weighted by Crippen LogP contribution is -2.60. The van der Waals surface area contributed by atoms with Gasteiger partial charge in [0.25, 0.3) is 0 Å². The van der Waals surface area contributed by atoms with Crippen LogP contribution in [-0.4, -0.2) is 54.0 Å². The number of fused-ring (bicyclic) bond motifs is 1. The number of aliphatic hydroxyl groups is 1. The van der Waals surface area contributed by atoms with E-state index in [9.17, 15) is 14.7 Å². The van der Waals surface area contributed by atoms with Gasteiger partial charge in [0.15, 0.2) is 0 Å². The van der Waals surface area contributed by atoms with Gasteiger partial charge in [0.1, 0.15) is 6.23 Å². The van der Waals surface area contributed by atoms with Crippen molar-refractivity contribution >= 4 is 17.5 Å². The van der Waals surface area contributed by atoms with Crippen LogP contribution in [0.1, 0.15) is 43.0 Å². The predicted octanol–water partition coefficient (Wildman–Crippen LogP) is 0.488. The van der Waals surface area contributed by atoms with Gasteiger partial charge in [-0.3, -0.25) is 19.8 Å². The van der Waals surface area contributed by atoms with Gasteiger partial charge in [-0.05, 0) is 50.0 Å². The summed E-state index contributed by atoms with van der Waals surface area (Å²) in [5.41, 5.74) is 3.63. The molecular weight excluding hydrogens is 344 g/mol. The van der Waals surface area contributed by atoms with E-state index in [0.717, 1.165) is 37.3 Å². The van der Waals surface area contributed by atoms with E-state index in [1.807, 2.05) is 6.07 Å². The summed E-state index contributed by atoms with van der Waals surface area (Å²) in [7, 11) is 0. The van der Waals surface area contributed by atoms with E-state index >= 15 is 0 Å². The zero-order valence-corrected chi connectivity index (χ0v) is 15.4. The number of amides is 2. The molecule has 4 aliphatic rings. The van der Waals surface area contributed by atoms with Crippen molar-refractivity contribution < 1.29 is 14.7 Å². The topological polar surface area (TPSA) is 84.9 Å². The molecule has 4 heterocycles. The first-order valence-corrected chi connectivity index (χ1v) is 9.91. The molecule has 0 saturated carbocycles. The van der Waals surface area contributed by atoms with E-state index in [-0.39, 0.29) is 11.8 Å². The van der Waals surface area contributed by atoms with Crippen LogP contribution in [0.5, 0.6) is 0 Å². The standard InChI is InChI=1S/C20H26N4O3/c25-17-4-3-16(18(26)22-17)24-10-13-9-14(1-2-15(13)19(24)27)23-11-20(12-23)5-7-21-8-6-20/h1-2,9,16,19,21,27H,3-8,10-12H2,(H,22,25,26). The van der Waals surface area contributed by atoms with Crippen molar-refractivity contribution in [1.82, 2.24) is 15.5 Å². The maximum atomic E-state index is 12.2. The number of imide groups is 1. The maximum absolute atomic E-state index is 12.2. The van der Waals surface area contributed by atoms with Gasteiger partial charge in [-0.25, -0.2) is 0 Å². The van der Waals surface area contributed by atoms with Crippen LogP contribution in [0.25, 0.3) is 0 Å². The Kier molecular flexibility index (Phi) is 4.00. The number of hydrogen-bond donors (Lipinski definition) is 3. The van der Waals surface area contributed by atoms with Crippen LogP contribution in [0.4, 0.5) is 5.69 Å². The molecule has 0 aromatic heterocycles. The van der Waals surface area contributed by atoms with Crippen molar-refractivity contribution in [2.75, 3.05) is 31.1 Å². The number of carbonyl (C=O) groups excluding carboxylic acids is 2. The fourth-order valence-corrected chi connectivity index (χ4v) is 5.14. The van der Waals surface area contributed by atoms with Crippen molar-refractivity contribution in [3.8, 4) is 0 Å². The van der Waals surface area contributed by atoms with Crippen molar-refractivity contribution in [2.45, 2.75) is 44.5 Å². The third-order valence-electron chi connectivity index (χ3n) is 6.76. The van der Waals surface area contributed by atoms with Gasteiger partial charge in [-0.15, -0.1) is 0 Å². The number of nitrogens with one attached hydrogen (secondary N) is 2. The molecule has 0 aliphatic carbocycles. The minimum atomic E-state index is -0.787. The molecule has 1 aromatic rings. The fraction of sp³-hybridized carbons (Fsp3) is 0.600. The summed E-state index contributed by atoms with van der Waals surface area (Å²) in [5.74, 6) is -0.525. The number of carbonyl (C=O) groups is 2. The largest absolute Gasteiger partial charge is 0.374 e. The quantitative estimate of drug-likeness (QED) is 0.657. The third-order valence-corrected chi connectivity index (χ3v) is 6.76. The normalized spacial score (nSPS) is 30.2. The number of piperidine rings is 2. The van der Waals surface area contributed by atoms with Crippen LogP contribution in [0.15, 0.2) is 18.2 Å². The second-order valence-electron chi connectivity index (χ2n) is 8.50. The summed E-state index contributed by atoms with van der Waals surface area (Å²) < 4.78 is 0. The smallest absolute Gasteiger partial charge is 0.244 e. The molecule has 2 amide bonds. The van der Waals surface area contributed by atoms with E-state index in [2.05, 4.69) is 27.7 Å². The van der Waals surface area contributed by atoms with Gasteiger partial charge in [-0.1, -0.05) is 6.07 Å². The summed E-state index contributed by atoms with van der Waals surface area (Å²) in [6.07, 6.45) is 2.49. The van der Waals surface area contributed by atoms with E-state index in [4.69, 9.17) is 0 Å². The second kappa shape index (κ2) is 6.29. The lowest BCUT2D eigenvalue weighted by molar-refractivity contribution is -0.141. The Bertz CT molecular complexity index is 781. The van der Waals surface area contributed by atoms with Crippen molar-refractivity contribution in [3.05, 3.63) is 29.3 Å². The molecule has 0 bridgehead atoms. The molecular formula is C20H26N4O3. The highest BCUT2D eigenvalue weighted by Gasteiger charge is 2.44. The first-order chi connectivity index (χ1) is 13.0. The minimum Gasteiger partial charge on any atom is -0.374 e. The van der Waals surface area contributed by atoms with Gasteiger partial charge in [0.2, 0.25) is 11.8 Å². The lowest BCUT2D eigenvalue weighted by atomic mass is 9.72. The highest BCUT2D eigenvalue weighted by Crippen LogP contribution is 2.43. The molecule has 144 valence electrons. The monoisotopic (exact) mass is 370 g/mol. The molecule has 2 atom stereocenters. The van der Waals surface area contributed by atoms with Crippen LogP contribution in [0, 0.1) is 5.41 Å². The predicted molar refractivity (Wildman–Crippen MR) is 99.9 cm³/mol. The van der Waals surface area contributed by atoms with Crippen LogP contribution < -0.4 is 15.5 Å². The molecule has 3 saturated heterocycles. The molecule has 7 nitrogen and oxygen atoms in total. The third kappa shape index (κ3) is 2.85. The second-order valence-corrected chi connectivity index (χ2v) is 8.50. The Balaban J connectivity index is 1.30. The van der Waals surface area contributed by atoms with E-state index in [1.165, 1.54) is 18.5 Å². The Morgan fingerprint density at radius 2 is 1.93 bits per heavy atom. The molecule has 3 fully saturated rings. The number of aliphatic hydroxyl groups excluding tert-OH is 1. The fourth-order valence-electron chi connectivity index (χ4n) is 5.14. The average Bonchev–Trinajstić information content (AvgIpc) is 2.96. The molecule has 27 heavy (non-hydrogen) atoms. The first kappa shape index (κ1) is 17.2. The van der Waals surface area contributed by atoms with E-state index in [0.29, 0.717) is 24.8 Å². The molecule has 5 rings (SSSR count). The zero-order valence-electron chi connectivity index (χ0n) is 15.4. The summed E-state index contributed by atoms with van der Waals surface area (Å²) in [4.78, 5) is 27.8. The number of nitrogens with zero attached hydrogens (tertiary/aromatic N) is 2. The van der Waals surface area contributed by atoms with Crippen LogP contribution in [-0.2, 0) is 16.1 Å². The summed E-state index contributed by atoms with van der Waals surface area (Å²) in [6, 6.07) is 5.80. The molecule has 1 spiro atoms. The summed E-state index contributed by atoms with van der Waals surface area (Å²) in [6.45, 7) is 4.98. The first-order valence-electron chi connectivity index (χ1n) is 9.91. The van der Waals surface area contributed by atoms with Gasteiger partial charge in [0, 0.05) is 42.7 Å². The number of hydrogen-bond acceptors (Lipinski definition) is 6. The summed E-state index contributed by atoms with van der Waals surface area (Å²) >= 11 is 0. The Morgan fingerprint density at radius 3 is 2.67 bits per heavy atom. The van der Waals surface area contributed by atoms with Gasteiger partial charge in [0.05, 0.1) is 6.04 Å². The van der Waals surface area contributed by atoms with Crippen LogP contribution in [0.2, 0.25) is 0 Å². The molecule has 3 N–H and O–H groups in total. The Hall–Kier alpha value is -1.96. The summed E-state index contributed by atoms with van der Waals surface area (Å²) in [5, 5.41) is 16.5. The van der Waals surface area contributed by atoms with Crippen molar-refractivity contribution in [2.24, 2.45) is 5.41 Å². The lowest BCUT2D eigenvalue weighted by Gasteiger charge is -2.53. The van der Waals surface area contributed by atoms with Gasteiger partial charge >= 0.3 is 0 Å². The Morgan fingerprint density at radius 1 is 1.15 bits per heavy atom. The number of rotatable bonds is 2. The SMILES string of the molecule is O=C1CCC(N2Cc3cc(N4CC5(CCNCC5)C4)ccc3C2O)C(=O)N1. The molecule has 0 radical (unpaired) electrons. The van der Waals surface area contributed by atoms with E-state index < -0.39 is 12.3 Å². The highest BCUT2D eigenvalue weighted by atomic mass is 16.3. The number of anilines is 1. The zero-order chi connectivity index (χ0) is 18.6. The minimum absolute atomic E-state index is 0.227. The maximum Gasteiger partial charge on any atom is 0.244 e. The van der Waals surface area contributed by atoms with E-state index in [1.54, 1.807) is 4.90 Å². The molecule has 1 aromatic carbocycles. The van der Waals surface area contributed by atoms with Crippen LogP contribution in [0.3, 0.4) is 0 Å². The van der Waals surface area contributed by atoms with Gasteiger partial charge < -0.3 is 15.3 Å². The Labute approximate surface area is 158 Å². The number of benzene rings is 1. The average molecular weight is 370 g/mol. The highest BCUT2D eigenvalue weighted by molar-refractivity contribution is 6.00. The van der Waals surface area contributed by atoms with Gasteiger partial charge in [-0.2, -0.15) is 0 Å². The van der Waals surface area contributed by atoms with Crippen molar-refractivity contribution in [1.29, 1.82) is 0 Å². The molecule has 7 heteroatoms. The molecule has 2 unspecified atom stereocenters. The van der Waals surface area contributed by atoms with Crippen LogP contribution >= 0.6 is 0 Å². The molecule has 4 aliphatic heterocycles.